The summed E-state index contributed by atoms with van der Waals surface area (Å²) in [4.78, 5) is 69.0. The largest absolute Gasteiger partial charge is 0.508 e. The van der Waals surface area contributed by atoms with Crippen molar-refractivity contribution in [2.24, 2.45) is 5.73 Å². The number of carboxylic acids is 1. The number of nitrogens with one attached hydrogen (secondary N) is 5. The maximum absolute atomic E-state index is 13.2. The minimum Gasteiger partial charge on any atom is -0.508 e. The highest BCUT2D eigenvalue weighted by atomic mass is 16.4. The number of imidazole rings is 1. The number of hydrogen-bond acceptors (Lipinski definition) is 8. The van der Waals surface area contributed by atoms with Crippen LogP contribution >= 0.6 is 0 Å². The summed E-state index contributed by atoms with van der Waals surface area (Å²) >= 11 is 0. The van der Waals surface area contributed by atoms with E-state index in [-0.39, 0.29) is 18.6 Å². The molecule has 1 saturated heterocycles. The number of primary amides is 1. The van der Waals surface area contributed by atoms with Crippen LogP contribution in [0.25, 0.3) is 0 Å². The molecule has 0 bridgehead atoms. The molecule has 14 nitrogen and oxygen atoms in total. The number of H-pyrrole nitrogens is 1. The van der Waals surface area contributed by atoms with Crippen molar-refractivity contribution in [1.29, 1.82) is 0 Å². The van der Waals surface area contributed by atoms with Crippen LogP contribution in [0.4, 0.5) is 0 Å². The van der Waals surface area contributed by atoms with E-state index in [0.717, 1.165) is 6.42 Å². The highest BCUT2D eigenvalue weighted by Crippen LogP contribution is 2.12. The zero-order chi connectivity index (χ0) is 27.7. The summed E-state index contributed by atoms with van der Waals surface area (Å²) in [6.07, 6.45) is 3.48. The number of benzene rings is 1. The predicted molar refractivity (Wildman–Crippen MR) is 132 cm³/mol. The van der Waals surface area contributed by atoms with Gasteiger partial charge in [0.1, 0.15) is 23.9 Å². The molecule has 9 N–H and O–H groups in total. The first-order valence-corrected chi connectivity index (χ1v) is 12.0. The minimum absolute atomic E-state index is 0.00552. The molecular formula is C24H31N7O7. The van der Waals surface area contributed by atoms with Crippen LogP contribution in [0.15, 0.2) is 36.8 Å². The van der Waals surface area contributed by atoms with Gasteiger partial charge in [0.05, 0.1) is 18.8 Å². The van der Waals surface area contributed by atoms with Gasteiger partial charge in [0.15, 0.2) is 0 Å². The van der Waals surface area contributed by atoms with Crippen LogP contribution in [0, 0.1) is 0 Å². The normalized spacial score (nSPS) is 17.1. The van der Waals surface area contributed by atoms with Gasteiger partial charge in [0.2, 0.25) is 23.6 Å². The van der Waals surface area contributed by atoms with Gasteiger partial charge in [-0.05, 0) is 37.1 Å². The van der Waals surface area contributed by atoms with E-state index in [4.69, 9.17) is 5.73 Å². The molecule has 0 aliphatic carbocycles. The zero-order valence-electron chi connectivity index (χ0n) is 20.5. The Bertz CT molecular complexity index is 1130. The number of rotatable bonds is 13. The molecule has 1 aliphatic heterocycles. The number of phenols is 1. The van der Waals surface area contributed by atoms with Crippen molar-refractivity contribution in [3.63, 3.8) is 0 Å². The summed E-state index contributed by atoms with van der Waals surface area (Å²) in [5.41, 5.74) is 6.31. The van der Waals surface area contributed by atoms with Gasteiger partial charge in [-0.25, -0.2) is 9.78 Å². The van der Waals surface area contributed by atoms with E-state index in [0.29, 0.717) is 24.2 Å². The Morgan fingerprint density at radius 3 is 2.26 bits per heavy atom. The fraction of sp³-hybridized carbons (Fsp3) is 0.417. The van der Waals surface area contributed by atoms with E-state index < -0.39 is 60.2 Å². The second kappa shape index (κ2) is 13.2. The van der Waals surface area contributed by atoms with E-state index in [9.17, 15) is 34.2 Å². The Labute approximate surface area is 217 Å². The van der Waals surface area contributed by atoms with E-state index in [2.05, 4.69) is 31.2 Å². The molecule has 0 radical (unpaired) electrons. The molecule has 2 heterocycles. The van der Waals surface area contributed by atoms with Crippen molar-refractivity contribution in [2.75, 3.05) is 6.54 Å². The van der Waals surface area contributed by atoms with Crippen LogP contribution in [0.1, 0.15) is 30.5 Å². The fourth-order valence-corrected chi connectivity index (χ4v) is 4.03. The number of carbonyl (C=O) groups excluding carboxylic acids is 4. The molecule has 3 rings (SSSR count). The Balaban J connectivity index is 1.78. The highest BCUT2D eigenvalue weighted by Gasteiger charge is 2.32. The molecule has 0 spiro atoms. The summed E-state index contributed by atoms with van der Waals surface area (Å²) in [6.45, 7) is 0.642. The van der Waals surface area contributed by atoms with Gasteiger partial charge in [-0.1, -0.05) is 12.1 Å². The third kappa shape index (κ3) is 8.30. The van der Waals surface area contributed by atoms with Crippen molar-refractivity contribution in [1.82, 2.24) is 31.2 Å². The Hall–Kier alpha value is -4.46. The average Bonchev–Trinajstić information content (AvgIpc) is 3.58. The third-order valence-electron chi connectivity index (χ3n) is 6.02. The number of aromatic hydroxyl groups is 1. The second-order valence-electron chi connectivity index (χ2n) is 8.99. The number of hydrogen-bond donors (Lipinski definition) is 8. The molecule has 1 aromatic heterocycles. The molecule has 2 aromatic rings. The first-order valence-electron chi connectivity index (χ1n) is 12.0. The van der Waals surface area contributed by atoms with Crippen molar-refractivity contribution >= 4 is 29.6 Å². The van der Waals surface area contributed by atoms with Crippen LogP contribution in [0.5, 0.6) is 5.75 Å². The van der Waals surface area contributed by atoms with Crippen molar-refractivity contribution in [3.05, 3.63) is 48.0 Å². The van der Waals surface area contributed by atoms with Crippen LogP contribution in [-0.2, 0) is 36.8 Å². The van der Waals surface area contributed by atoms with Crippen LogP contribution in [0.2, 0.25) is 0 Å². The molecule has 0 saturated carbocycles. The van der Waals surface area contributed by atoms with E-state index in [1.54, 1.807) is 0 Å². The number of nitrogens with two attached hydrogens (primary N) is 1. The number of aliphatic carboxylic acids is 1. The summed E-state index contributed by atoms with van der Waals surface area (Å²) < 4.78 is 0. The van der Waals surface area contributed by atoms with Gasteiger partial charge >= 0.3 is 5.97 Å². The smallest absolute Gasteiger partial charge is 0.326 e. The molecule has 1 aromatic carbocycles. The van der Waals surface area contributed by atoms with Crippen LogP contribution in [0.3, 0.4) is 0 Å². The number of phenolic OH excluding ortho intramolecular Hbond substituents is 1. The van der Waals surface area contributed by atoms with Crippen LogP contribution in [-0.4, -0.2) is 80.5 Å². The lowest BCUT2D eigenvalue weighted by molar-refractivity contribution is -0.142. The maximum atomic E-state index is 13.2. The van der Waals surface area contributed by atoms with Gasteiger partial charge in [-0.3, -0.25) is 19.2 Å². The molecule has 4 unspecified atom stereocenters. The van der Waals surface area contributed by atoms with Crippen molar-refractivity contribution in [3.8, 4) is 5.75 Å². The van der Waals surface area contributed by atoms with Gasteiger partial charge < -0.3 is 42.2 Å². The quantitative estimate of drug-likeness (QED) is 0.144. The highest BCUT2D eigenvalue weighted by molar-refractivity contribution is 5.96. The molecule has 14 heteroatoms. The van der Waals surface area contributed by atoms with E-state index >= 15 is 0 Å². The lowest BCUT2D eigenvalue weighted by Crippen LogP contribution is -2.58. The minimum atomic E-state index is -1.35. The fourth-order valence-electron chi connectivity index (χ4n) is 4.03. The lowest BCUT2D eigenvalue weighted by Gasteiger charge is -2.25. The molecular weight excluding hydrogens is 498 g/mol. The monoisotopic (exact) mass is 529 g/mol. The topological polar surface area (TPSA) is 229 Å². The lowest BCUT2D eigenvalue weighted by atomic mass is 10.0. The van der Waals surface area contributed by atoms with E-state index in [1.807, 2.05) is 0 Å². The van der Waals surface area contributed by atoms with Crippen molar-refractivity contribution in [2.45, 2.75) is 56.3 Å². The summed E-state index contributed by atoms with van der Waals surface area (Å²) in [7, 11) is 0. The molecule has 1 aliphatic rings. The zero-order valence-corrected chi connectivity index (χ0v) is 20.5. The predicted octanol–water partition coefficient (Wildman–Crippen LogP) is -1.93. The number of aromatic nitrogens is 2. The Morgan fingerprint density at radius 1 is 1.00 bits per heavy atom. The number of nitrogens with zero attached hydrogens (tertiary/aromatic N) is 1. The first-order chi connectivity index (χ1) is 18.1. The van der Waals surface area contributed by atoms with Crippen molar-refractivity contribution < 1.29 is 34.2 Å². The number of amides is 4. The number of carboxylic acid groups (broad SMARTS) is 1. The molecule has 1 fully saturated rings. The van der Waals surface area contributed by atoms with Gasteiger partial charge in [0.25, 0.3) is 0 Å². The van der Waals surface area contributed by atoms with Gasteiger partial charge in [0, 0.05) is 24.7 Å². The molecule has 38 heavy (non-hydrogen) atoms. The summed E-state index contributed by atoms with van der Waals surface area (Å²) in [6, 6.07) is 1.38. The molecule has 4 amide bonds. The first kappa shape index (κ1) is 28.1. The Morgan fingerprint density at radius 2 is 1.68 bits per heavy atom. The maximum Gasteiger partial charge on any atom is 0.326 e. The second-order valence-corrected chi connectivity index (χ2v) is 8.99. The summed E-state index contributed by atoms with van der Waals surface area (Å²) in [5.74, 6) is -4.27. The van der Waals surface area contributed by atoms with E-state index in [1.165, 1.54) is 36.8 Å². The standard InChI is InChI=1S/C24H31N7O7/c25-20(33)10-18(30-21(34)16-2-1-7-27-16)23(36)29-17(8-13-3-5-15(32)6-4-13)22(35)31-19(24(37)38)9-14-11-26-12-28-14/h3-6,11-12,16-19,27,32H,1-2,7-10H2,(H2,25,33)(H,26,28)(H,29,36)(H,30,34)(H,31,35)(H,37,38). The number of carbonyl (C=O) groups is 5. The number of aromatic amines is 1. The van der Waals surface area contributed by atoms with Gasteiger partial charge in [-0.15, -0.1) is 0 Å². The SMILES string of the molecule is NC(=O)CC(NC(=O)C1CCCN1)C(=O)NC(Cc1ccc(O)cc1)C(=O)NC(Cc1cnc[nH]1)C(=O)O. The molecule has 4 atom stereocenters. The molecule has 204 valence electrons. The third-order valence-corrected chi connectivity index (χ3v) is 6.02. The van der Waals surface area contributed by atoms with Crippen LogP contribution < -0.4 is 27.0 Å². The Kier molecular flexibility index (Phi) is 9.76. The summed E-state index contributed by atoms with van der Waals surface area (Å²) in [5, 5.41) is 29.6. The average molecular weight is 530 g/mol. The van der Waals surface area contributed by atoms with Gasteiger partial charge in [-0.2, -0.15) is 0 Å².